The van der Waals surface area contributed by atoms with Gasteiger partial charge in [0.05, 0.1) is 33.8 Å². The maximum absolute atomic E-state index is 5.25. The van der Waals surface area contributed by atoms with E-state index in [0.717, 1.165) is 83.5 Å². The number of pyridine rings is 2. The van der Waals surface area contributed by atoms with Gasteiger partial charge in [-0.1, -0.05) is 176 Å². The summed E-state index contributed by atoms with van der Waals surface area (Å²) in [5, 5.41) is 2.19. The smallest absolute Gasteiger partial charge is 0.160 e. The Morgan fingerprint density at radius 3 is 1.39 bits per heavy atom. The Hall–Kier alpha value is -7.56. The number of hydrogen-bond acceptors (Lipinski definition) is 4. The van der Waals surface area contributed by atoms with Crippen molar-refractivity contribution in [2.75, 3.05) is 0 Å². The number of benzene rings is 7. The minimum atomic E-state index is 0.686. The van der Waals surface area contributed by atoms with Crippen LogP contribution in [0.3, 0.4) is 0 Å². The molecule has 0 atom stereocenters. The van der Waals surface area contributed by atoms with E-state index in [-0.39, 0.29) is 0 Å². The van der Waals surface area contributed by atoms with Crippen molar-refractivity contribution in [2.24, 2.45) is 0 Å². The van der Waals surface area contributed by atoms with E-state index in [1.54, 1.807) is 0 Å². The average molecular weight is 729 g/mol. The molecule has 4 nitrogen and oxygen atoms in total. The summed E-state index contributed by atoms with van der Waals surface area (Å²) in [6.07, 6.45) is 0. The minimum Gasteiger partial charge on any atom is -0.245 e. The second-order valence-corrected chi connectivity index (χ2v) is 14.3. The van der Waals surface area contributed by atoms with Gasteiger partial charge in [-0.25, -0.2) is 19.9 Å². The molecule has 0 fully saturated rings. The number of fused-ring (bicyclic) bond motifs is 3. The van der Waals surface area contributed by atoms with E-state index in [4.69, 9.17) is 19.9 Å². The lowest BCUT2D eigenvalue weighted by Crippen LogP contribution is -1.96. The number of aryl methyl sites for hydroxylation is 1. The molecule has 57 heavy (non-hydrogen) atoms. The highest BCUT2D eigenvalue weighted by Gasteiger charge is 2.14. The molecule has 0 aliphatic heterocycles. The normalized spacial score (nSPS) is 11.2. The molecule has 0 aliphatic carbocycles. The maximum atomic E-state index is 5.25. The monoisotopic (exact) mass is 728 g/mol. The first kappa shape index (κ1) is 34.0. The highest BCUT2D eigenvalue weighted by atomic mass is 14.9. The topological polar surface area (TPSA) is 51.6 Å². The number of nitrogens with zero attached hydrogens (tertiary/aromatic N) is 4. The Bertz CT molecular complexity index is 3030. The van der Waals surface area contributed by atoms with Crippen LogP contribution < -0.4 is 0 Å². The fourth-order valence-corrected chi connectivity index (χ4v) is 7.57. The first-order chi connectivity index (χ1) is 28.1. The SMILES string of the molecule is Cc1cc(-c2ccccc2)nc2c1ccc1ccc(-c3cccc(-c4ccc(-c5nc(-c6ccccc6)cc(-c6ccc(-c7ccccc7)cc6)n5)cc4)c3)nc12. The van der Waals surface area contributed by atoms with Crippen LogP contribution in [0, 0.1) is 6.92 Å². The summed E-state index contributed by atoms with van der Waals surface area (Å²) in [5.74, 6) is 0.686. The van der Waals surface area contributed by atoms with Gasteiger partial charge in [0.25, 0.3) is 0 Å². The lowest BCUT2D eigenvalue weighted by Gasteiger charge is -2.12. The molecule has 7 aromatic carbocycles. The van der Waals surface area contributed by atoms with Crippen molar-refractivity contribution < 1.29 is 0 Å². The third-order valence-electron chi connectivity index (χ3n) is 10.6. The van der Waals surface area contributed by atoms with Gasteiger partial charge in [0, 0.05) is 38.6 Å². The Morgan fingerprint density at radius 2 is 0.737 bits per heavy atom. The summed E-state index contributed by atoms with van der Waals surface area (Å²) in [4.78, 5) is 20.6. The molecule has 3 aromatic heterocycles. The van der Waals surface area contributed by atoms with Gasteiger partial charge in [-0.3, -0.25) is 0 Å². The zero-order valence-corrected chi connectivity index (χ0v) is 31.3. The van der Waals surface area contributed by atoms with Crippen LogP contribution >= 0.6 is 0 Å². The van der Waals surface area contributed by atoms with Gasteiger partial charge >= 0.3 is 0 Å². The van der Waals surface area contributed by atoms with E-state index in [1.165, 1.54) is 16.7 Å². The molecule has 0 saturated carbocycles. The number of hydrogen-bond donors (Lipinski definition) is 0. The molecule has 0 saturated heterocycles. The fourth-order valence-electron chi connectivity index (χ4n) is 7.57. The summed E-state index contributed by atoms with van der Waals surface area (Å²) < 4.78 is 0. The molecule has 0 unspecified atom stereocenters. The Kier molecular flexibility index (Phi) is 8.69. The largest absolute Gasteiger partial charge is 0.245 e. The second kappa shape index (κ2) is 14.6. The first-order valence-corrected chi connectivity index (χ1v) is 19.2. The van der Waals surface area contributed by atoms with Crippen LogP contribution in [0.4, 0.5) is 0 Å². The van der Waals surface area contributed by atoms with Crippen LogP contribution in [0.1, 0.15) is 5.56 Å². The molecule has 0 amide bonds. The number of aromatic nitrogens is 4. The molecule has 4 heteroatoms. The third kappa shape index (κ3) is 6.75. The van der Waals surface area contributed by atoms with Crippen LogP contribution in [0.5, 0.6) is 0 Å². The molecule has 10 rings (SSSR count). The second-order valence-electron chi connectivity index (χ2n) is 14.3. The van der Waals surface area contributed by atoms with Crippen LogP contribution in [0.25, 0.3) is 100 Å². The zero-order valence-electron chi connectivity index (χ0n) is 31.3. The molecule has 0 bridgehead atoms. The van der Waals surface area contributed by atoms with Gasteiger partial charge in [0.15, 0.2) is 5.82 Å². The number of rotatable bonds is 7. The van der Waals surface area contributed by atoms with Crippen LogP contribution in [-0.4, -0.2) is 19.9 Å². The first-order valence-electron chi connectivity index (χ1n) is 19.2. The molecule has 268 valence electrons. The predicted octanol–water partition coefficient (Wildman–Crippen LogP) is 13.6. The van der Waals surface area contributed by atoms with E-state index in [1.807, 2.05) is 30.3 Å². The van der Waals surface area contributed by atoms with E-state index in [0.29, 0.717) is 5.82 Å². The highest BCUT2D eigenvalue weighted by molar-refractivity contribution is 6.05. The molecular weight excluding hydrogens is 693 g/mol. The van der Waals surface area contributed by atoms with Crippen molar-refractivity contribution >= 4 is 21.8 Å². The summed E-state index contributed by atoms with van der Waals surface area (Å²) in [6.45, 7) is 2.15. The summed E-state index contributed by atoms with van der Waals surface area (Å²) >= 11 is 0. The van der Waals surface area contributed by atoms with Crippen molar-refractivity contribution in [1.29, 1.82) is 0 Å². The van der Waals surface area contributed by atoms with Crippen molar-refractivity contribution in [1.82, 2.24) is 19.9 Å². The lowest BCUT2D eigenvalue weighted by atomic mass is 9.99. The van der Waals surface area contributed by atoms with Gasteiger partial charge in [0.2, 0.25) is 0 Å². The van der Waals surface area contributed by atoms with E-state index in [2.05, 4.69) is 177 Å². The van der Waals surface area contributed by atoms with Crippen LogP contribution in [-0.2, 0) is 0 Å². The highest BCUT2D eigenvalue weighted by Crippen LogP contribution is 2.34. The minimum absolute atomic E-state index is 0.686. The Balaban J connectivity index is 0.986. The lowest BCUT2D eigenvalue weighted by molar-refractivity contribution is 1.18. The predicted molar refractivity (Wildman–Crippen MR) is 235 cm³/mol. The molecule has 0 radical (unpaired) electrons. The van der Waals surface area contributed by atoms with Crippen molar-refractivity contribution in [3.05, 3.63) is 206 Å². The summed E-state index contributed by atoms with van der Waals surface area (Å²) in [6, 6.07) is 69.6. The summed E-state index contributed by atoms with van der Waals surface area (Å²) in [7, 11) is 0. The average Bonchev–Trinajstić information content (AvgIpc) is 3.29. The Labute approximate surface area is 331 Å². The maximum Gasteiger partial charge on any atom is 0.160 e. The van der Waals surface area contributed by atoms with Crippen molar-refractivity contribution in [2.45, 2.75) is 6.92 Å². The van der Waals surface area contributed by atoms with Gasteiger partial charge < -0.3 is 0 Å². The van der Waals surface area contributed by atoms with Gasteiger partial charge in [-0.15, -0.1) is 0 Å². The summed E-state index contributed by atoms with van der Waals surface area (Å²) in [5.41, 5.74) is 16.4. The van der Waals surface area contributed by atoms with E-state index >= 15 is 0 Å². The standard InChI is InChI=1S/C53H36N4/c1-35-32-48(39-14-7-3-8-15-39)55-52-46(35)30-28-42-29-31-47(54-51(42)52)45-19-11-18-44(33-45)38-22-26-43(27-23-38)53-56-49(40-16-9-4-10-17-40)34-50(57-53)41-24-20-37(21-25-41)36-12-5-2-6-13-36/h2-34H,1H3. The quantitative estimate of drug-likeness (QED) is 0.153. The molecule has 0 N–H and O–H groups in total. The fraction of sp³-hybridized carbons (Fsp3) is 0.0189. The van der Waals surface area contributed by atoms with Crippen molar-refractivity contribution in [3.63, 3.8) is 0 Å². The van der Waals surface area contributed by atoms with Gasteiger partial charge in [-0.2, -0.15) is 0 Å². The molecule has 10 aromatic rings. The molecule has 3 heterocycles. The van der Waals surface area contributed by atoms with Crippen LogP contribution in [0.15, 0.2) is 200 Å². The zero-order chi connectivity index (χ0) is 38.1. The third-order valence-corrected chi connectivity index (χ3v) is 10.6. The van der Waals surface area contributed by atoms with Crippen LogP contribution in [0.2, 0.25) is 0 Å². The van der Waals surface area contributed by atoms with Gasteiger partial charge in [-0.05, 0) is 59.0 Å². The molecular formula is C53H36N4. The van der Waals surface area contributed by atoms with Crippen molar-refractivity contribution in [3.8, 4) is 78.7 Å². The van der Waals surface area contributed by atoms with Gasteiger partial charge in [0.1, 0.15) is 0 Å². The molecule has 0 spiro atoms. The van der Waals surface area contributed by atoms with E-state index < -0.39 is 0 Å². The van der Waals surface area contributed by atoms with E-state index in [9.17, 15) is 0 Å². The Morgan fingerprint density at radius 1 is 0.281 bits per heavy atom. The molecule has 0 aliphatic rings.